The molecule has 0 radical (unpaired) electrons. The van der Waals surface area contributed by atoms with Crippen LogP contribution >= 0.6 is 15.9 Å². The van der Waals surface area contributed by atoms with Crippen molar-refractivity contribution in [3.63, 3.8) is 0 Å². The molecule has 0 aromatic heterocycles. The molecular formula is C19H19BrN2O3. The van der Waals surface area contributed by atoms with Crippen LogP contribution in [-0.4, -0.2) is 18.4 Å². The lowest BCUT2D eigenvalue weighted by Gasteiger charge is -2.09. The van der Waals surface area contributed by atoms with E-state index in [0.717, 1.165) is 21.2 Å². The molecule has 0 aliphatic carbocycles. The summed E-state index contributed by atoms with van der Waals surface area (Å²) in [6, 6.07) is 13.2. The first-order chi connectivity index (χ1) is 11.9. The van der Waals surface area contributed by atoms with Gasteiger partial charge in [-0.3, -0.25) is 20.4 Å². The van der Waals surface area contributed by atoms with E-state index >= 15 is 0 Å². The van der Waals surface area contributed by atoms with Crippen LogP contribution < -0.4 is 15.6 Å². The molecule has 6 heteroatoms. The lowest BCUT2D eigenvalue weighted by atomic mass is 10.1. The molecule has 0 saturated heterocycles. The number of aryl methyl sites for hydroxylation is 2. The Morgan fingerprint density at radius 1 is 1.04 bits per heavy atom. The van der Waals surface area contributed by atoms with E-state index in [4.69, 9.17) is 4.74 Å². The molecule has 2 aromatic rings. The highest BCUT2D eigenvalue weighted by Crippen LogP contribution is 2.15. The SMILES string of the molecule is Cc1cc(C)cc(OCC(=O)NNC(=O)/C=C/c2ccc(Br)cc2)c1. The van der Waals surface area contributed by atoms with Crippen molar-refractivity contribution in [3.05, 3.63) is 69.7 Å². The Balaban J connectivity index is 1.75. The summed E-state index contributed by atoms with van der Waals surface area (Å²) in [4.78, 5) is 23.4. The molecule has 0 fully saturated rings. The topological polar surface area (TPSA) is 67.4 Å². The van der Waals surface area contributed by atoms with Gasteiger partial charge in [-0.2, -0.15) is 0 Å². The average molecular weight is 403 g/mol. The summed E-state index contributed by atoms with van der Waals surface area (Å²) in [7, 11) is 0. The molecular weight excluding hydrogens is 384 g/mol. The van der Waals surface area contributed by atoms with E-state index in [0.29, 0.717) is 5.75 Å². The van der Waals surface area contributed by atoms with E-state index < -0.39 is 11.8 Å². The van der Waals surface area contributed by atoms with Gasteiger partial charge in [-0.15, -0.1) is 0 Å². The molecule has 2 aromatic carbocycles. The van der Waals surface area contributed by atoms with Crippen molar-refractivity contribution in [2.45, 2.75) is 13.8 Å². The molecule has 0 bridgehead atoms. The van der Waals surface area contributed by atoms with E-state index in [-0.39, 0.29) is 6.61 Å². The summed E-state index contributed by atoms with van der Waals surface area (Å²) in [5.74, 6) is -0.249. The number of ether oxygens (including phenoxy) is 1. The molecule has 0 saturated carbocycles. The third-order valence-corrected chi connectivity index (χ3v) is 3.72. The van der Waals surface area contributed by atoms with Crippen LogP contribution in [0.2, 0.25) is 0 Å². The van der Waals surface area contributed by atoms with Crippen molar-refractivity contribution in [3.8, 4) is 5.75 Å². The normalized spacial score (nSPS) is 10.5. The van der Waals surface area contributed by atoms with Gasteiger partial charge in [-0.05, 0) is 60.9 Å². The molecule has 0 aliphatic heterocycles. The maximum atomic E-state index is 11.7. The third kappa shape index (κ3) is 6.81. The van der Waals surface area contributed by atoms with Crippen LogP contribution in [0.15, 0.2) is 53.0 Å². The van der Waals surface area contributed by atoms with Gasteiger partial charge in [0.1, 0.15) is 5.75 Å². The van der Waals surface area contributed by atoms with Crippen LogP contribution in [0.4, 0.5) is 0 Å². The smallest absolute Gasteiger partial charge is 0.276 e. The van der Waals surface area contributed by atoms with Crippen LogP contribution in [0.5, 0.6) is 5.75 Å². The van der Waals surface area contributed by atoms with Crippen LogP contribution in [0.3, 0.4) is 0 Å². The number of amides is 2. The van der Waals surface area contributed by atoms with Crippen molar-refractivity contribution in [2.24, 2.45) is 0 Å². The minimum Gasteiger partial charge on any atom is -0.484 e. The molecule has 0 spiro atoms. The highest BCUT2D eigenvalue weighted by atomic mass is 79.9. The zero-order valence-electron chi connectivity index (χ0n) is 14.0. The number of hydrogen-bond acceptors (Lipinski definition) is 3. The predicted molar refractivity (Wildman–Crippen MR) is 101 cm³/mol. The minimum absolute atomic E-state index is 0.181. The predicted octanol–water partition coefficient (Wildman–Crippen LogP) is 3.31. The first-order valence-corrected chi connectivity index (χ1v) is 8.45. The summed E-state index contributed by atoms with van der Waals surface area (Å²) in [6.07, 6.45) is 2.99. The summed E-state index contributed by atoms with van der Waals surface area (Å²) in [5.41, 5.74) is 7.61. The number of hydrogen-bond donors (Lipinski definition) is 2. The van der Waals surface area contributed by atoms with Crippen molar-refractivity contribution in [2.75, 3.05) is 6.61 Å². The fraction of sp³-hybridized carbons (Fsp3) is 0.158. The maximum absolute atomic E-state index is 11.7. The van der Waals surface area contributed by atoms with E-state index in [1.54, 1.807) is 6.08 Å². The molecule has 0 unspecified atom stereocenters. The molecule has 5 nitrogen and oxygen atoms in total. The summed E-state index contributed by atoms with van der Waals surface area (Å²) >= 11 is 3.34. The molecule has 0 aliphatic rings. The summed E-state index contributed by atoms with van der Waals surface area (Å²) in [5, 5.41) is 0. The fourth-order valence-electron chi connectivity index (χ4n) is 2.12. The number of rotatable bonds is 5. The van der Waals surface area contributed by atoms with Gasteiger partial charge in [-0.1, -0.05) is 34.1 Å². The van der Waals surface area contributed by atoms with Crippen molar-refractivity contribution < 1.29 is 14.3 Å². The van der Waals surface area contributed by atoms with Crippen LogP contribution in [0.1, 0.15) is 16.7 Å². The molecule has 0 atom stereocenters. The summed E-state index contributed by atoms with van der Waals surface area (Å²) in [6.45, 7) is 3.73. The summed E-state index contributed by atoms with van der Waals surface area (Å²) < 4.78 is 6.38. The molecule has 2 rings (SSSR count). The van der Waals surface area contributed by atoms with Gasteiger partial charge in [0, 0.05) is 10.5 Å². The standard InChI is InChI=1S/C19H19BrN2O3/c1-13-9-14(2)11-17(10-13)25-12-19(24)22-21-18(23)8-5-15-3-6-16(20)7-4-15/h3-11H,12H2,1-2H3,(H,21,23)(H,22,24)/b8-5+. The van der Waals surface area contributed by atoms with Gasteiger partial charge >= 0.3 is 0 Å². The number of nitrogens with one attached hydrogen (secondary N) is 2. The second kappa shape index (κ2) is 9.03. The highest BCUT2D eigenvalue weighted by molar-refractivity contribution is 9.10. The Bertz CT molecular complexity index is 766. The van der Waals surface area contributed by atoms with E-state index in [9.17, 15) is 9.59 Å². The largest absolute Gasteiger partial charge is 0.484 e. The van der Waals surface area contributed by atoms with Gasteiger partial charge in [0.05, 0.1) is 0 Å². The third-order valence-electron chi connectivity index (χ3n) is 3.19. The maximum Gasteiger partial charge on any atom is 0.276 e. The van der Waals surface area contributed by atoms with Crippen LogP contribution in [-0.2, 0) is 9.59 Å². The van der Waals surface area contributed by atoms with Gasteiger partial charge in [0.25, 0.3) is 11.8 Å². The van der Waals surface area contributed by atoms with Gasteiger partial charge in [0.2, 0.25) is 0 Å². The lowest BCUT2D eigenvalue weighted by molar-refractivity contribution is -0.128. The zero-order chi connectivity index (χ0) is 18.2. The Morgan fingerprint density at radius 2 is 1.68 bits per heavy atom. The van der Waals surface area contributed by atoms with Gasteiger partial charge in [-0.25, -0.2) is 0 Å². The Kier molecular flexibility index (Phi) is 6.77. The number of halogens is 1. The molecule has 25 heavy (non-hydrogen) atoms. The number of carbonyl (C=O) groups excluding carboxylic acids is 2. The minimum atomic E-state index is -0.440. The lowest BCUT2D eigenvalue weighted by Crippen LogP contribution is -2.43. The number of benzene rings is 2. The van der Waals surface area contributed by atoms with Crippen LogP contribution in [0, 0.1) is 13.8 Å². The fourth-order valence-corrected chi connectivity index (χ4v) is 2.38. The Hall–Kier alpha value is -2.60. The molecule has 2 N–H and O–H groups in total. The monoisotopic (exact) mass is 402 g/mol. The van der Waals surface area contributed by atoms with Crippen molar-refractivity contribution in [1.82, 2.24) is 10.9 Å². The Labute approximate surface area is 155 Å². The average Bonchev–Trinajstić information content (AvgIpc) is 2.57. The van der Waals surface area contributed by atoms with E-state index in [1.165, 1.54) is 6.08 Å². The van der Waals surface area contributed by atoms with Gasteiger partial charge in [0.15, 0.2) is 6.61 Å². The van der Waals surface area contributed by atoms with Gasteiger partial charge < -0.3 is 4.74 Å². The number of hydrazine groups is 1. The molecule has 0 heterocycles. The first kappa shape index (κ1) is 18.7. The van der Waals surface area contributed by atoms with Crippen molar-refractivity contribution >= 4 is 33.8 Å². The Morgan fingerprint density at radius 3 is 2.32 bits per heavy atom. The quantitative estimate of drug-likeness (QED) is 0.595. The van der Waals surface area contributed by atoms with Crippen LogP contribution in [0.25, 0.3) is 6.08 Å². The number of carbonyl (C=O) groups is 2. The van der Waals surface area contributed by atoms with E-state index in [2.05, 4.69) is 26.8 Å². The zero-order valence-corrected chi connectivity index (χ0v) is 15.6. The highest BCUT2D eigenvalue weighted by Gasteiger charge is 2.04. The second-order valence-electron chi connectivity index (χ2n) is 5.53. The van der Waals surface area contributed by atoms with E-state index in [1.807, 2.05) is 56.3 Å². The van der Waals surface area contributed by atoms with Crippen molar-refractivity contribution in [1.29, 1.82) is 0 Å². The second-order valence-corrected chi connectivity index (χ2v) is 6.45. The molecule has 130 valence electrons. The molecule has 2 amide bonds. The first-order valence-electron chi connectivity index (χ1n) is 7.66.